The highest BCUT2D eigenvalue weighted by molar-refractivity contribution is 5.76. The van der Waals surface area contributed by atoms with E-state index >= 15 is 0 Å². The summed E-state index contributed by atoms with van der Waals surface area (Å²) in [6.45, 7) is 1.81. The summed E-state index contributed by atoms with van der Waals surface area (Å²) in [6, 6.07) is 11.6. The summed E-state index contributed by atoms with van der Waals surface area (Å²) in [4.78, 5) is 22.2. The first-order valence-corrected chi connectivity index (χ1v) is 7.72. The van der Waals surface area contributed by atoms with Crippen molar-refractivity contribution in [1.29, 1.82) is 0 Å². The number of carbonyl (C=O) groups is 1. The van der Waals surface area contributed by atoms with Gasteiger partial charge < -0.3 is 9.88 Å². The number of hydrogen-bond donors (Lipinski definition) is 1. The highest BCUT2D eigenvalue weighted by Crippen LogP contribution is 2.16. The first-order valence-electron chi connectivity index (χ1n) is 7.72. The fraction of sp³-hybridized carbons (Fsp3) is 0.176. The molecule has 0 saturated carbocycles. The molecule has 2 heterocycles. The molecule has 0 spiro atoms. The Balaban J connectivity index is 1.60. The molecule has 0 aliphatic rings. The van der Waals surface area contributed by atoms with Crippen molar-refractivity contribution in [3.8, 4) is 5.69 Å². The molecule has 0 aliphatic carbocycles. The van der Waals surface area contributed by atoms with Gasteiger partial charge in [-0.05, 0) is 36.8 Å². The van der Waals surface area contributed by atoms with Crippen molar-refractivity contribution >= 4 is 11.6 Å². The first-order chi connectivity index (χ1) is 12.0. The van der Waals surface area contributed by atoms with Crippen LogP contribution in [-0.2, 0) is 11.3 Å². The molecule has 1 atom stereocenters. The van der Waals surface area contributed by atoms with Crippen LogP contribution in [0.1, 0.15) is 18.5 Å². The third kappa shape index (κ3) is 3.92. The third-order valence-corrected chi connectivity index (χ3v) is 3.81. The van der Waals surface area contributed by atoms with E-state index in [4.69, 9.17) is 0 Å². The Kier molecular flexibility index (Phi) is 4.60. The van der Waals surface area contributed by atoms with Crippen molar-refractivity contribution in [2.45, 2.75) is 19.5 Å². The fourth-order valence-corrected chi connectivity index (χ4v) is 2.49. The predicted molar refractivity (Wildman–Crippen MR) is 91.2 cm³/mol. The van der Waals surface area contributed by atoms with Gasteiger partial charge in [0.15, 0.2) is 0 Å². The van der Waals surface area contributed by atoms with Gasteiger partial charge in [0.2, 0.25) is 5.91 Å². The number of nitrogens with zero attached hydrogens (tertiary/aromatic N) is 4. The number of carbonyl (C=O) groups excluding carboxylic acids is 1. The normalized spacial score (nSPS) is 11.9. The maximum absolute atomic E-state index is 12.1. The van der Waals surface area contributed by atoms with Crippen molar-refractivity contribution in [2.75, 3.05) is 0 Å². The van der Waals surface area contributed by atoms with Gasteiger partial charge in [-0.3, -0.25) is 19.6 Å². The van der Waals surface area contributed by atoms with E-state index in [0.717, 1.165) is 17.4 Å². The van der Waals surface area contributed by atoms with E-state index in [9.17, 15) is 14.9 Å². The van der Waals surface area contributed by atoms with Crippen LogP contribution in [0, 0.1) is 10.1 Å². The van der Waals surface area contributed by atoms with Gasteiger partial charge in [-0.2, -0.15) is 5.10 Å². The Bertz CT molecular complexity index is 868. The quantitative estimate of drug-likeness (QED) is 0.551. The zero-order valence-corrected chi connectivity index (χ0v) is 13.6. The molecule has 1 amide bonds. The summed E-state index contributed by atoms with van der Waals surface area (Å²) < 4.78 is 3.24. The van der Waals surface area contributed by atoms with Gasteiger partial charge in [0.05, 0.1) is 11.0 Å². The summed E-state index contributed by atoms with van der Waals surface area (Å²) in [5.74, 6) is -0.264. The molecule has 0 fully saturated rings. The molecule has 128 valence electrons. The van der Waals surface area contributed by atoms with Crippen molar-refractivity contribution in [1.82, 2.24) is 19.7 Å². The van der Waals surface area contributed by atoms with E-state index in [1.54, 1.807) is 0 Å². The lowest BCUT2D eigenvalue weighted by Crippen LogP contribution is -2.30. The lowest BCUT2D eigenvalue weighted by atomic mass is 10.1. The second-order valence-corrected chi connectivity index (χ2v) is 5.62. The number of nitro groups is 1. The Morgan fingerprint density at radius 1 is 1.28 bits per heavy atom. The van der Waals surface area contributed by atoms with Crippen LogP contribution in [0.3, 0.4) is 0 Å². The zero-order chi connectivity index (χ0) is 17.8. The fourth-order valence-electron chi connectivity index (χ4n) is 2.49. The topological polar surface area (TPSA) is 95.0 Å². The molecule has 2 aromatic heterocycles. The maximum atomic E-state index is 12.1. The lowest BCUT2D eigenvalue weighted by molar-refractivity contribution is -0.385. The van der Waals surface area contributed by atoms with E-state index in [1.165, 1.54) is 10.9 Å². The van der Waals surface area contributed by atoms with E-state index in [0.29, 0.717) is 0 Å². The molecular weight excluding hydrogens is 322 g/mol. The number of amides is 1. The highest BCUT2D eigenvalue weighted by Gasteiger charge is 2.13. The Morgan fingerprint density at radius 3 is 2.56 bits per heavy atom. The standard InChI is InChI=1S/C17H17N5O3/c1-13(14-4-6-15(7-5-14)20-8-2-3-9-20)19-17(23)12-21-11-16(10-18-21)22(24)25/h2-11,13H,12H2,1H3,(H,19,23). The molecule has 1 aromatic carbocycles. The molecule has 3 aromatic rings. The van der Waals surface area contributed by atoms with Gasteiger partial charge in [0.25, 0.3) is 0 Å². The molecular formula is C17H17N5O3. The SMILES string of the molecule is CC(NC(=O)Cn1cc([N+](=O)[O-])cn1)c1ccc(-n2cccc2)cc1. The van der Waals surface area contributed by atoms with Crippen LogP contribution in [-0.4, -0.2) is 25.2 Å². The molecule has 8 nitrogen and oxygen atoms in total. The molecule has 1 unspecified atom stereocenters. The first kappa shape index (κ1) is 16.4. The molecule has 0 aliphatic heterocycles. The second kappa shape index (κ2) is 7.00. The smallest absolute Gasteiger partial charge is 0.307 e. The third-order valence-electron chi connectivity index (χ3n) is 3.81. The number of nitrogens with one attached hydrogen (secondary N) is 1. The number of aromatic nitrogens is 3. The summed E-state index contributed by atoms with van der Waals surface area (Å²) in [5, 5.41) is 17.3. The van der Waals surface area contributed by atoms with Crippen LogP contribution < -0.4 is 5.32 Å². The van der Waals surface area contributed by atoms with Gasteiger partial charge in [-0.15, -0.1) is 0 Å². The van der Waals surface area contributed by atoms with Gasteiger partial charge in [-0.25, -0.2) is 0 Å². The Morgan fingerprint density at radius 2 is 1.96 bits per heavy atom. The van der Waals surface area contributed by atoms with Gasteiger partial charge in [0.1, 0.15) is 18.9 Å². The van der Waals surface area contributed by atoms with Crippen LogP contribution in [0.15, 0.2) is 61.2 Å². The minimum atomic E-state index is -0.545. The summed E-state index contributed by atoms with van der Waals surface area (Å²) in [6.07, 6.45) is 6.28. The summed E-state index contributed by atoms with van der Waals surface area (Å²) >= 11 is 0. The molecule has 1 N–H and O–H groups in total. The van der Waals surface area contributed by atoms with Crippen LogP contribution in [0.5, 0.6) is 0 Å². The van der Waals surface area contributed by atoms with Crippen LogP contribution >= 0.6 is 0 Å². The van der Waals surface area contributed by atoms with Gasteiger partial charge in [-0.1, -0.05) is 12.1 Å². The number of benzene rings is 1. The summed E-state index contributed by atoms with van der Waals surface area (Å²) in [7, 11) is 0. The molecule has 3 rings (SSSR count). The van der Waals surface area contributed by atoms with E-state index in [2.05, 4.69) is 10.4 Å². The average molecular weight is 339 g/mol. The molecule has 0 bridgehead atoms. The predicted octanol–water partition coefficient (Wildman–Crippen LogP) is 2.46. The van der Waals surface area contributed by atoms with Crippen molar-refractivity contribution in [3.63, 3.8) is 0 Å². The van der Waals surface area contributed by atoms with Crippen LogP contribution in [0.4, 0.5) is 5.69 Å². The number of rotatable bonds is 6. The number of hydrogen-bond acceptors (Lipinski definition) is 4. The van der Waals surface area contributed by atoms with Crippen LogP contribution in [0.25, 0.3) is 5.69 Å². The monoisotopic (exact) mass is 339 g/mol. The molecule has 0 radical (unpaired) electrons. The average Bonchev–Trinajstić information content (AvgIpc) is 3.26. The molecule has 25 heavy (non-hydrogen) atoms. The minimum absolute atomic E-state index is 0.0698. The lowest BCUT2D eigenvalue weighted by Gasteiger charge is -2.15. The van der Waals surface area contributed by atoms with E-state index in [-0.39, 0.29) is 24.2 Å². The molecule has 8 heteroatoms. The summed E-state index contributed by atoms with van der Waals surface area (Å²) in [5.41, 5.74) is 1.87. The van der Waals surface area contributed by atoms with Gasteiger partial charge in [0, 0.05) is 18.1 Å². The van der Waals surface area contributed by atoms with Crippen molar-refractivity contribution in [2.24, 2.45) is 0 Å². The Hall–Kier alpha value is -3.42. The van der Waals surface area contributed by atoms with E-state index in [1.807, 2.05) is 60.3 Å². The molecule has 0 saturated heterocycles. The maximum Gasteiger partial charge on any atom is 0.307 e. The minimum Gasteiger partial charge on any atom is -0.348 e. The van der Waals surface area contributed by atoms with E-state index < -0.39 is 4.92 Å². The van der Waals surface area contributed by atoms with Gasteiger partial charge >= 0.3 is 5.69 Å². The second-order valence-electron chi connectivity index (χ2n) is 5.62. The highest BCUT2D eigenvalue weighted by atomic mass is 16.6. The van der Waals surface area contributed by atoms with Crippen LogP contribution in [0.2, 0.25) is 0 Å². The largest absolute Gasteiger partial charge is 0.348 e. The van der Waals surface area contributed by atoms with Crippen molar-refractivity contribution < 1.29 is 9.72 Å². The Labute approximate surface area is 143 Å². The zero-order valence-electron chi connectivity index (χ0n) is 13.6. The van der Waals surface area contributed by atoms with Crippen molar-refractivity contribution in [3.05, 3.63) is 76.9 Å².